The lowest BCUT2D eigenvalue weighted by molar-refractivity contribution is -0.274. The van der Waals surface area contributed by atoms with Crippen molar-refractivity contribution < 1.29 is 42.1 Å². The van der Waals surface area contributed by atoms with E-state index in [-0.39, 0.29) is 18.1 Å². The molecular formula is C29H22F3NO6. The number of hydrogen-bond acceptors (Lipinski definition) is 5. The first kappa shape index (κ1) is 27.1. The zero-order valence-electron chi connectivity index (χ0n) is 20.8. The highest BCUT2D eigenvalue weighted by Crippen LogP contribution is 2.34. The molecule has 0 radical (unpaired) electrons. The zero-order valence-corrected chi connectivity index (χ0v) is 20.8. The quantitative estimate of drug-likeness (QED) is 0.295. The van der Waals surface area contributed by atoms with Crippen LogP contribution in [0.3, 0.4) is 0 Å². The van der Waals surface area contributed by atoms with Crippen LogP contribution in [0.2, 0.25) is 0 Å². The van der Waals surface area contributed by atoms with Crippen LogP contribution in [-0.2, 0) is 11.2 Å². The van der Waals surface area contributed by atoms with Gasteiger partial charge in [-0.2, -0.15) is 0 Å². The monoisotopic (exact) mass is 537 g/mol. The maximum absolute atomic E-state index is 13.5. The van der Waals surface area contributed by atoms with Gasteiger partial charge in [-0.25, -0.2) is 4.79 Å². The summed E-state index contributed by atoms with van der Waals surface area (Å²) in [5.41, 5.74) is 2.47. The second kappa shape index (κ2) is 10.8. The van der Waals surface area contributed by atoms with E-state index in [0.29, 0.717) is 39.0 Å². The molecule has 0 amide bonds. The number of carbonyl (C=O) groups excluding carboxylic acids is 1. The van der Waals surface area contributed by atoms with Crippen molar-refractivity contribution in [1.29, 1.82) is 0 Å². The molecule has 0 unspecified atom stereocenters. The van der Waals surface area contributed by atoms with E-state index < -0.39 is 24.2 Å². The lowest BCUT2D eigenvalue weighted by Crippen LogP contribution is -2.24. The van der Waals surface area contributed by atoms with Crippen LogP contribution in [0.25, 0.3) is 10.9 Å². The topological polar surface area (TPSA) is 87.0 Å². The predicted octanol–water partition coefficient (Wildman–Crippen LogP) is 5.60. The summed E-state index contributed by atoms with van der Waals surface area (Å²) < 4.78 is 55.0. The first-order valence-electron chi connectivity index (χ1n) is 11.5. The van der Waals surface area contributed by atoms with Gasteiger partial charge in [0.25, 0.3) is 12.0 Å². The van der Waals surface area contributed by atoms with Crippen LogP contribution in [0.4, 0.5) is 13.2 Å². The second-order valence-corrected chi connectivity index (χ2v) is 8.49. The molecule has 0 aliphatic heterocycles. The molecule has 1 aromatic heterocycles. The molecular weight excluding hydrogens is 515 g/mol. The Labute approximate surface area is 221 Å². The number of aromatic nitrogens is 1. The van der Waals surface area contributed by atoms with Crippen LogP contribution in [0, 0.1) is 19.3 Å². The van der Waals surface area contributed by atoms with Crippen molar-refractivity contribution in [2.24, 2.45) is 0 Å². The molecule has 0 aliphatic rings. The number of fused-ring (bicyclic) bond motifs is 1. The lowest BCUT2D eigenvalue weighted by atomic mass is 10.0. The number of carboxylic acid groups (broad SMARTS) is 1. The molecule has 0 bridgehead atoms. The minimum atomic E-state index is -4.90. The number of aliphatic carboxylic acids is 1. The van der Waals surface area contributed by atoms with Crippen LogP contribution >= 0.6 is 0 Å². The van der Waals surface area contributed by atoms with Crippen molar-refractivity contribution >= 4 is 22.8 Å². The van der Waals surface area contributed by atoms with E-state index in [9.17, 15) is 27.9 Å². The summed E-state index contributed by atoms with van der Waals surface area (Å²) in [6.45, 7) is 1.69. The molecule has 200 valence electrons. The van der Waals surface area contributed by atoms with Gasteiger partial charge < -0.3 is 19.3 Å². The third kappa shape index (κ3) is 5.99. The molecule has 0 fully saturated rings. The summed E-state index contributed by atoms with van der Waals surface area (Å²) in [7, 11) is 1.50. The van der Waals surface area contributed by atoms with E-state index in [1.54, 1.807) is 49.4 Å². The SMILES string of the molecule is C#C[C@H](Oc1cccc(Cc2c(C)n(C(=O)c3ccc(OC)cc3)c3ccc(OC(F)(F)F)cc23)c1)C(=O)O. The number of methoxy groups -OCH3 is 1. The van der Waals surface area contributed by atoms with Crippen molar-refractivity contribution in [3.63, 3.8) is 0 Å². The van der Waals surface area contributed by atoms with Crippen LogP contribution in [0.1, 0.15) is 27.2 Å². The molecule has 0 saturated carbocycles. The number of hydrogen-bond donors (Lipinski definition) is 1. The number of carboxylic acids is 1. The van der Waals surface area contributed by atoms with Gasteiger partial charge >= 0.3 is 12.3 Å². The van der Waals surface area contributed by atoms with E-state index in [1.165, 1.54) is 29.9 Å². The molecule has 7 nitrogen and oxygen atoms in total. The number of nitrogens with zero attached hydrogens (tertiary/aromatic N) is 1. The minimum absolute atomic E-state index is 0.186. The van der Waals surface area contributed by atoms with E-state index >= 15 is 0 Å². The van der Waals surface area contributed by atoms with Gasteiger partial charge in [0.15, 0.2) is 0 Å². The average molecular weight is 537 g/mol. The maximum atomic E-state index is 13.5. The Morgan fingerprint density at radius 2 is 1.72 bits per heavy atom. The molecule has 1 heterocycles. The number of ether oxygens (including phenoxy) is 3. The Morgan fingerprint density at radius 1 is 1.03 bits per heavy atom. The maximum Gasteiger partial charge on any atom is 0.573 e. The Balaban J connectivity index is 1.80. The highest BCUT2D eigenvalue weighted by Gasteiger charge is 2.31. The molecule has 10 heteroatoms. The van der Waals surface area contributed by atoms with Crippen molar-refractivity contribution in [2.45, 2.75) is 25.8 Å². The fourth-order valence-corrected chi connectivity index (χ4v) is 4.23. The summed E-state index contributed by atoms with van der Waals surface area (Å²) in [6.07, 6.45) is -0.972. The van der Waals surface area contributed by atoms with Gasteiger partial charge in [0.2, 0.25) is 0 Å². The highest BCUT2D eigenvalue weighted by atomic mass is 19.4. The second-order valence-electron chi connectivity index (χ2n) is 8.49. The summed E-state index contributed by atoms with van der Waals surface area (Å²) in [5.74, 6) is 0.669. The standard InChI is InChI=1S/C29H22F3NO6/c1-4-26(28(35)36)38-21-7-5-6-18(14-21)15-23-17(2)33(27(34)19-8-10-20(37-3)11-9-19)25-13-12-22(16-24(23)25)39-29(30,31)32/h1,5-14,16,26H,15H2,2-3H3,(H,35,36)/t26-/m0/s1. The van der Waals surface area contributed by atoms with Gasteiger partial charge in [0.1, 0.15) is 17.2 Å². The van der Waals surface area contributed by atoms with Gasteiger partial charge in [-0.05, 0) is 79.1 Å². The highest BCUT2D eigenvalue weighted by molar-refractivity contribution is 6.04. The minimum Gasteiger partial charge on any atom is -0.497 e. The number of benzene rings is 3. The van der Waals surface area contributed by atoms with Gasteiger partial charge in [-0.3, -0.25) is 9.36 Å². The fraction of sp³-hybridized carbons (Fsp3) is 0.172. The molecule has 4 aromatic rings. The van der Waals surface area contributed by atoms with E-state index in [1.807, 2.05) is 5.92 Å². The average Bonchev–Trinajstić information content (AvgIpc) is 3.16. The molecule has 0 aliphatic carbocycles. The molecule has 1 atom stereocenters. The van der Waals surface area contributed by atoms with Gasteiger partial charge in [0.05, 0.1) is 12.6 Å². The summed E-state index contributed by atoms with van der Waals surface area (Å²) in [5, 5.41) is 9.56. The van der Waals surface area contributed by atoms with Gasteiger partial charge in [0, 0.05) is 16.6 Å². The smallest absolute Gasteiger partial charge is 0.497 e. The number of alkyl halides is 3. The molecule has 0 spiro atoms. The number of terminal acetylenes is 1. The third-order valence-corrected chi connectivity index (χ3v) is 5.99. The van der Waals surface area contributed by atoms with Crippen LogP contribution in [0.5, 0.6) is 17.2 Å². The van der Waals surface area contributed by atoms with E-state index in [0.717, 1.165) is 6.07 Å². The third-order valence-electron chi connectivity index (χ3n) is 5.99. The Bertz CT molecular complexity index is 1580. The molecule has 0 saturated heterocycles. The predicted molar refractivity (Wildman–Crippen MR) is 136 cm³/mol. The first-order valence-corrected chi connectivity index (χ1v) is 11.5. The molecule has 3 aromatic carbocycles. The molecule has 1 N–H and O–H groups in total. The molecule has 39 heavy (non-hydrogen) atoms. The summed E-state index contributed by atoms with van der Waals surface area (Å²) in [4.78, 5) is 24.8. The zero-order chi connectivity index (χ0) is 28.3. The van der Waals surface area contributed by atoms with E-state index in [2.05, 4.69) is 4.74 Å². The summed E-state index contributed by atoms with van der Waals surface area (Å²) in [6, 6.07) is 16.7. The Kier molecular flexibility index (Phi) is 7.54. The normalized spacial score (nSPS) is 12.0. The Morgan fingerprint density at radius 3 is 2.33 bits per heavy atom. The van der Waals surface area contributed by atoms with E-state index in [4.69, 9.17) is 15.9 Å². The Hall–Kier alpha value is -4.91. The van der Waals surface area contributed by atoms with Crippen molar-refractivity contribution in [2.75, 3.05) is 7.11 Å². The van der Waals surface area contributed by atoms with Crippen molar-refractivity contribution in [3.8, 4) is 29.6 Å². The van der Waals surface area contributed by atoms with Crippen LogP contribution in [0.15, 0.2) is 66.7 Å². The van der Waals surface area contributed by atoms with Gasteiger partial charge in [-0.15, -0.1) is 19.6 Å². The van der Waals surface area contributed by atoms with Crippen LogP contribution in [-0.4, -0.2) is 41.1 Å². The van der Waals surface area contributed by atoms with Crippen molar-refractivity contribution in [1.82, 2.24) is 4.57 Å². The fourth-order valence-electron chi connectivity index (χ4n) is 4.23. The first-order chi connectivity index (χ1) is 18.5. The van der Waals surface area contributed by atoms with Gasteiger partial charge in [-0.1, -0.05) is 18.1 Å². The number of halogens is 3. The number of rotatable bonds is 8. The van der Waals surface area contributed by atoms with Crippen molar-refractivity contribution in [3.05, 3.63) is 89.1 Å². The van der Waals surface area contributed by atoms with Crippen LogP contribution < -0.4 is 14.2 Å². The lowest BCUT2D eigenvalue weighted by Gasteiger charge is -2.11. The number of carbonyl (C=O) groups is 2. The molecule has 4 rings (SSSR count). The largest absolute Gasteiger partial charge is 0.573 e. The summed E-state index contributed by atoms with van der Waals surface area (Å²) >= 11 is 0.